The van der Waals surface area contributed by atoms with Crippen LogP contribution in [0, 0.1) is 11.8 Å². The first-order valence-corrected chi connectivity index (χ1v) is 15.3. The lowest BCUT2D eigenvalue weighted by molar-refractivity contribution is -0.150. The molecular formula is C31H60O4. The number of ether oxygens (including phenoxy) is 2. The van der Waals surface area contributed by atoms with Gasteiger partial charge >= 0.3 is 11.9 Å². The van der Waals surface area contributed by atoms with Crippen LogP contribution >= 0.6 is 0 Å². The van der Waals surface area contributed by atoms with Crippen LogP contribution in [0.25, 0.3) is 0 Å². The molecule has 0 aliphatic heterocycles. The first-order chi connectivity index (χ1) is 17.0. The second kappa shape index (κ2) is 26.0. The maximum Gasteiger partial charge on any atom is 0.309 e. The summed E-state index contributed by atoms with van der Waals surface area (Å²) in [5.41, 5.74) is 0. The average Bonchev–Trinajstić information content (AvgIpc) is 2.83. The molecule has 0 bridgehead atoms. The van der Waals surface area contributed by atoms with Crippen molar-refractivity contribution in [3.63, 3.8) is 0 Å². The van der Waals surface area contributed by atoms with E-state index in [9.17, 15) is 9.59 Å². The second-order valence-corrected chi connectivity index (χ2v) is 10.8. The van der Waals surface area contributed by atoms with Gasteiger partial charge in [-0.1, -0.05) is 130 Å². The highest BCUT2D eigenvalue weighted by Gasteiger charge is 2.22. The molecule has 0 aromatic rings. The van der Waals surface area contributed by atoms with Crippen molar-refractivity contribution in [2.75, 3.05) is 13.2 Å². The quantitative estimate of drug-likeness (QED) is 0.0883. The summed E-state index contributed by atoms with van der Waals surface area (Å²) in [7, 11) is 0. The van der Waals surface area contributed by atoms with E-state index in [-0.39, 0.29) is 17.9 Å². The van der Waals surface area contributed by atoms with Crippen LogP contribution in [0.15, 0.2) is 0 Å². The maximum atomic E-state index is 12.3. The minimum Gasteiger partial charge on any atom is -0.466 e. The molecule has 0 aliphatic rings. The standard InChI is InChI=1S/C31H60O4/c1-5-7-26-34-30(32)25-23-21-19-17-15-13-11-9-10-12-14-16-18-20-22-24-29(28(3)4)31(33)35-27-8-6-2/h28-29H,5-27H2,1-4H3. The maximum absolute atomic E-state index is 12.3. The molecule has 0 aromatic heterocycles. The Morgan fingerprint density at radius 3 is 1.37 bits per heavy atom. The smallest absolute Gasteiger partial charge is 0.309 e. The molecule has 0 saturated heterocycles. The van der Waals surface area contributed by atoms with Crippen LogP contribution in [0.2, 0.25) is 0 Å². The largest absolute Gasteiger partial charge is 0.466 e. The van der Waals surface area contributed by atoms with Crippen LogP contribution in [0.1, 0.15) is 163 Å². The fourth-order valence-corrected chi connectivity index (χ4v) is 4.48. The summed E-state index contributed by atoms with van der Waals surface area (Å²) in [6.07, 6.45) is 24.9. The van der Waals surface area contributed by atoms with E-state index in [1.807, 2.05) is 0 Å². The highest BCUT2D eigenvalue weighted by molar-refractivity contribution is 5.72. The summed E-state index contributed by atoms with van der Waals surface area (Å²) in [5.74, 6) is 0.451. The Hall–Kier alpha value is -1.06. The summed E-state index contributed by atoms with van der Waals surface area (Å²) < 4.78 is 10.6. The lowest BCUT2D eigenvalue weighted by atomic mass is 9.90. The Morgan fingerprint density at radius 1 is 0.543 bits per heavy atom. The zero-order valence-corrected chi connectivity index (χ0v) is 24.1. The normalized spacial score (nSPS) is 12.1. The van der Waals surface area contributed by atoms with Crippen molar-refractivity contribution >= 4 is 11.9 Å². The zero-order valence-electron chi connectivity index (χ0n) is 24.1. The van der Waals surface area contributed by atoms with Gasteiger partial charge in [-0.25, -0.2) is 0 Å². The van der Waals surface area contributed by atoms with Crippen LogP contribution in [0.5, 0.6) is 0 Å². The first-order valence-electron chi connectivity index (χ1n) is 15.3. The molecule has 0 amide bonds. The van der Waals surface area contributed by atoms with Crippen molar-refractivity contribution in [3.8, 4) is 0 Å². The fraction of sp³-hybridized carbons (Fsp3) is 0.935. The van der Waals surface area contributed by atoms with E-state index in [1.165, 1.54) is 77.0 Å². The molecule has 4 heteroatoms. The van der Waals surface area contributed by atoms with Crippen LogP contribution in [0.3, 0.4) is 0 Å². The van der Waals surface area contributed by atoms with E-state index in [1.54, 1.807) is 0 Å². The molecule has 0 rings (SSSR count). The number of esters is 2. The molecule has 0 N–H and O–H groups in total. The topological polar surface area (TPSA) is 52.6 Å². The molecule has 208 valence electrons. The van der Waals surface area contributed by atoms with Gasteiger partial charge in [-0.05, 0) is 31.6 Å². The number of hydrogen-bond donors (Lipinski definition) is 0. The van der Waals surface area contributed by atoms with E-state index >= 15 is 0 Å². The minimum absolute atomic E-state index is 0.0158. The first kappa shape index (κ1) is 33.9. The van der Waals surface area contributed by atoms with Gasteiger partial charge < -0.3 is 9.47 Å². The van der Waals surface area contributed by atoms with E-state index in [0.29, 0.717) is 25.6 Å². The lowest BCUT2D eigenvalue weighted by Gasteiger charge is -2.19. The molecule has 4 nitrogen and oxygen atoms in total. The summed E-state index contributed by atoms with van der Waals surface area (Å²) in [6, 6.07) is 0. The highest BCUT2D eigenvalue weighted by atomic mass is 16.5. The predicted octanol–water partition coefficient (Wildman–Crippen LogP) is 9.58. The molecular weight excluding hydrogens is 436 g/mol. The summed E-state index contributed by atoms with van der Waals surface area (Å²) in [4.78, 5) is 23.8. The molecule has 1 atom stereocenters. The van der Waals surface area contributed by atoms with Gasteiger partial charge in [-0.15, -0.1) is 0 Å². The van der Waals surface area contributed by atoms with Crippen molar-refractivity contribution in [2.24, 2.45) is 11.8 Å². The van der Waals surface area contributed by atoms with E-state index < -0.39 is 0 Å². The molecule has 0 aromatic carbocycles. The van der Waals surface area contributed by atoms with Crippen molar-refractivity contribution in [1.82, 2.24) is 0 Å². The van der Waals surface area contributed by atoms with Crippen LogP contribution in [-0.2, 0) is 19.1 Å². The van der Waals surface area contributed by atoms with Gasteiger partial charge in [-0.3, -0.25) is 9.59 Å². The molecule has 0 saturated carbocycles. The van der Waals surface area contributed by atoms with E-state index in [0.717, 1.165) is 51.4 Å². The molecule has 1 unspecified atom stereocenters. The monoisotopic (exact) mass is 496 g/mol. The highest BCUT2D eigenvalue weighted by Crippen LogP contribution is 2.21. The lowest BCUT2D eigenvalue weighted by Crippen LogP contribution is -2.23. The van der Waals surface area contributed by atoms with Gasteiger partial charge in [0.25, 0.3) is 0 Å². The van der Waals surface area contributed by atoms with Gasteiger partial charge in [0, 0.05) is 6.42 Å². The van der Waals surface area contributed by atoms with Crippen molar-refractivity contribution in [2.45, 2.75) is 163 Å². The number of unbranched alkanes of at least 4 members (excludes halogenated alkanes) is 16. The Bertz CT molecular complexity index is 475. The molecule has 0 radical (unpaired) electrons. The van der Waals surface area contributed by atoms with Gasteiger partial charge in [0.05, 0.1) is 19.1 Å². The second-order valence-electron chi connectivity index (χ2n) is 10.8. The van der Waals surface area contributed by atoms with Crippen molar-refractivity contribution in [1.29, 1.82) is 0 Å². The van der Waals surface area contributed by atoms with Crippen LogP contribution < -0.4 is 0 Å². The molecule has 0 aliphatic carbocycles. The summed E-state index contributed by atoms with van der Waals surface area (Å²) in [6.45, 7) is 9.68. The van der Waals surface area contributed by atoms with Crippen LogP contribution in [0.4, 0.5) is 0 Å². The van der Waals surface area contributed by atoms with Crippen LogP contribution in [-0.4, -0.2) is 25.2 Å². The average molecular weight is 497 g/mol. The third-order valence-corrected chi connectivity index (χ3v) is 7.01. The number of hydrogen-bond acceptors (Lipinski definition) is 4. The van der Waals surface area contributed by atoms with Gasteiger partial charge in [-0.2, -0.15) is 0 Å². The zero-order chi connectivity index (χ0) is 26.0. The van der Waals surface area contributed by atoms with E-state index in [4.69, 9.17) is 9.47 Å². The fourth-order valence-electron chi connectivity index (χ4n) is 4.48. The molecule has 0 spiro atoms. The number of rotatable bonds is 26. The van der Waals surface area contributed by atoms with Gasteiger partial charge in [0.2, 0.25) is 0 Å². The number of carbonyl (C=O) groups excluding carboxylic acids is 2. The SMILES string of the molecule is CCCCOC(=O)CCCCCCCCCCCCCCCCCC(C(=O)OCCCC)C(C)C. The van der Waals surface area contributed by atoms with Crippen molar-refractivity contribution in [3.05, 3.63) is 0 Å². The van der Waals surface area contributed by atoms with E-state index in [2.05, 4.69) is 27.7 Å². The Morgan fingerprint density at radius 2 is 0.943 bits per heavy atom. The third kappa shape index (κ3) is 23.1. The molecule has 0 fully saturated rings. The Kier molecular flexibility index (Phi) is 25.2. The Balaban J connectivity index is 3.39. The van der Waals surface area contributed by atoms with Gasteiger partial charge in [0.15, 0.2) is 0 Å². The molecule has 0 heterocycles. The Labute approximate surface area is 218 Å². The summed E-state index contributed by atoms with van der Waals surface area (Å²) >= 11 is 0. The predicted molar refractivity (Wildman–Crippen MR) is 149 cm³/mol. The third-order valence-electron chi connectivity index (χ3n) is 7.01. The van der Waals surface area contributed by atoms with Gasteiger partial charge in [0.1, 0.15) is 0 Å². The molecule has 35 heavy (non-hydrogen) atoms. The number of carbonyl (C=O) groups is 2. The van der Waals surface area contributed by atoms with Crippen molar-refractivity contribution < 1.29 is 19.1 Å². The minimum atomic E-state index is -0.0158. The summed E-state index contributed by atoms with van der Waals surface area (Å²) in [5, 5.41) is 0.